The molecule has 0 atom stereocenters. The summed E-state index contributed by atoms with van der Waals surface area (Å²) in [4.78, 5) is 9.06. The minimum Gasteiger partial charge on any atom is -0.396 e. The van der Waals surface area contributed by atoms with Crippen LogP contribution in [0.5, 0.6) is 0 Å². The molecule has 1 aliphatic heterocycles. The van der Waals surface area contributed by atoms with E-state index in [1.807, 2.05) is 30.3 Å². The summed E-state index contributed by atoms with van der Waals surface area (Å²) in [6.07, 6.45) is 0.845. The number of piperazine rings is 1. The second-order valence-corrected chi connectivity index (χ2v) is 8.49. The van der Waals surface area contributed by atoms with Crippen LogP contribution in [0.25, 0.3) is 0 Å². The van der Waals surface area contributed by atoms with Crippen LogP contribution in [0.3, 0.4) is 0 Å². The Labute approximate surface area is 188 Å². The summed E-state index contributed by atoms with van der Waals surface area (Å²) >= 11 is 6.79. The summed E-state index contributed by atoms with van der Waals surface area (Å²) in [6.45, 7) is 5.28. The van der Waals surface area contributed by atoms with Crippen molar-refractivity contribution in [3.8, 4) is 0 Å². The van der Waals surface area contributed by atoms with Gasteiger partial charge in [0.2, 0.25) is 0 Å². The molecule has 1 aliphatic rings. The van der Waals surface area contributed by atoms with Crippen molar-refractivity contribution in [1.82, 2.24) is 4.90 Å². The number of nitrogens with one attached hydrogen (secondary N) is 1. The minimum absolute atomic E-state index is 0.262. The highest BCUT2D eigenvalue weighted by molar-refractivity contribution is 8.13. The highest BCUT2D eigenvalue weighted by atomic mass is 32.2. The first kappa shape index (κ1) is 22.6. The van der Waals surface area contributed by atoms with E-state index in [0.717, 1.165) is 50.6 Å². The quantitative estimate of drug-likeness (QED) is 0.345. The molecule has 2 aromatic carbocycles. The van der Waals surface area contributed by atoms with E-state index in [9.17, 15) is 0 Å². The Bertz CT molecular complexity index is 821. The number of benzene rings is 2. The normalized spacial score (nSPS) is 15.2. The summed E-state index contributed by atoms with van der Waals surface area (Å²) in [5.74, 6) is 0.765. The number of thioether (sulfide) groups is 1. The van der Waals surface area contributed by atoms with Crippen LogP contribution in [0.15, 0.2) is 59.6 Å². The van der Waals surface area contributed by atoms with Crippen molar-refractivity contribution >= 4 is 45.6 Å². The molecule has 0 aromatic heterocycles. The van der Waals surface area contributed by atoms with E-state index in [-0.39, 0.29) is 6.61 Å². The van der Waals surface area contributed by atoms with Gasteiger partial charge in [0.05, 0.1) is 0 Å². The number of anilines is 2. The van der Waals surface area contributed by atoms with Crippen LogP contribution >= 0.6 is 24.0 Å². The number of thiocarbonyl (C=S) groups is 1. The van der Waals surface area contributed by atoms with Gasteiger partial charge in [-0.1, -0.05) is 42.1 Å². The molecule has 3 rings (SSSR count). The van der Waals surface area contributed by atoms with Gasteiger partial charge in [-0.05, 0) is 48.5 Å². The molecule has 0 bridgehead atoms. The van der Waals surface area contributed by atoms with Gasteiger partial charge in [-0.3, -0.25) is 4.90 Å². The van der Waals surface area contributed by atoms with E-state index in [1.54, 1.807) is 0 Å². The van der Waals surface area contributed by atoms with Gasteiger partial charge >= 0.3 is 0 Å². The molecule has 0 unspecified atom stereocenters. The molecule has 160 valence electrons. The molecular weight excluding hydrogens is 414 g/mol. The molecule has 0 amide bonds. The first-order valence-corrected chi connectivity index (χ1v) is 11.5. The lowest BCUT2D eigenvalue weighted by Crippen LogP contribution is -2.46. The van der Waals surface area contributed by atoms with Gasteiger partial charge in [-0.2, -0.15) is 4.99 Å². The summed E-state index contributed by atoms with van der Waals surface area (Å²) in [5, 5.41) is 12.9. The van der Waals surface area contributed by atoms with Crippen LogP contribution in [-0.4, -0.2) is 59.6 Å². The van der Waals surface area contributed by atoms with Crippen molar-refractivity contribution in [3.05, 3.63) is 60.2 Å². The highest BCUT2D eigenvalue weighted by Crippen LogP contribution is 2.20. The van der Waals surface area contributed by atoms with Gasteiger partial charge in [-0.25, -0.2) is 0 Å². The molecule has 30 heavy (non-hydrogen) atoms. The largest absolute Gasteiger partial charge is 0.396 e. The van der Waals surface area contributed by atoms with Gasteiger partial charge in [0.25, 0.3) is 0 Å². The molecule has 2 aromatic rings. The fourth-order valence-corrected chi connectivity index (χ4v) is 4.23. The molecule has 4 N–H and O–H groups in total. The first-order chi connectivity index (χ1) is 14.6. The number of hydrogen-bond acceptors (Lipinski definition) is 5. The predicted molar refractivity (Wildman–Crippen MR) is 132 cm³/mol. The van der Waals surface area contributed by atoms with E-state index in [4.69, 9.17) is 23.1 Å². The number of nitrogens with two attached hydrogens (primary N) is 1. The fourth-order valence-electron chi connectivity index (χ4n) is 3.29. The maximum Gasteiger partial charge on any atom is 0.199 e. The number of hydrogen-bond donors (Lipinski definition) is 3. The number of aliphatic imine (C=N–C) groups is 1. The van der Waals surface area contributed by atoms with Crippen molar-refractivity contribution in [2.45, 2.75) is 12.2 Å². The smallest absolute Gasteiger partial charge is 0.199 e. The zero-order valence-electron chi connectivity index (χ0n) is 17.0. The monoisotopic (exact) mass is 443 g/mol. The molecule has 0 radical (unpaired) electrons. The number of aliphatic hydroxyl groups excluding tert-OH is 1. The third-order valence-electron chi connectivity index (χ3n) is 4.93. The lowest BCUT2D eigenvalue weighted by Gasteiger charge is -2.36. The molecule has 6 nitrogen and oxygen atoms in total. The fraction of sp³-hybridized carbons (Fsp3) is 0.364. The second kappa shape index (κ2) is 11.9. The van der Waals surface area contributed by atoms with Crippen LogP contribution in [0, 0.1) is 0 Å². The standard InChI is InChI=1S/C22H29N5OS2/c23-21(30-17-18-5-2-1-3-6-18)25-22(29)24-19-7-9-20(10-8-19)27-14-12-26(13-15-27)11-4-16-28/h1-3,5-10,28H,4,11-17H2,(H3,23,24,25,29). The second-order valence-electron chi connectivity index (χ2n) is 7.11. The topological polar surface area (TPSA) is 77.1 Å². The van der Waals surface area contributed by atoms with E-state index in [1.165, 1.54) is 23.0 Å². The molecule has 1 fully saturated rings. The maximum absolute atomic E-state index is 8.97. The Morgan fingerprint density at radius 2 is 1.77 bits per heavy atom. The summed E-state index contributed by atoms with van der Waals surface area (Å²) in [5.41, 5.74) is 9.30. The third kappa shape index (κ3) is 7.28. The number of rotatable bonds is 7. The van der Waals surface area contributed by atoms with Crippen LogP contribution in [-0.2, 0) is 5.75 Å². The molecule has 8 heteroatoms. The van der Waals surface area contributed by atoms with Gasteiger partial charge in [0.15, 0.2) is 10.3 Å². The predicted octanol–water partition coefficient (Wildman–Crippen LogP) is 3.14. The van der Waals surface area contributed by atoms with E-state index < -0.39 is 0 Å². The van der Waals surface area contributed by atoms with Gasteiger partial charge in [-0.15, -0.1) is 0 Å². The van der Waals surface area contributed by atoms with Crippen LogP contribution in [0.2, 0.25) is 0 Å². The van der Waals surface area contributed by atoms with Gasteiger partial charge in [0.1, 0.15) is 0 Å². The Kier molecular flexibility index (Phi) is 8.95. The lowest BCUT2D eigenvalue weighted by molar-refractivity contribution is 0.216. The molecule has 0 saturated carbocycles. The van der Waals surface area contributed by atoms with Gasteiger partial charge in [0, 0.05) is 56.5 Å². The minimum atomic E-state index is 0.262. The van der Waals surface area contributed by atoms with Crippen LogP contribution in [0.1, 0.15) is 12.0 Å². The molecule has 0 spiro atoms. The van der Waals surface area contributed by atoms with Crippen LogP contribution < -0.4 is 16.0 Å². The first-order valence-electron chi connectivity index (χ1n) is 10.1. The maximum atomic E-state index is 8.97. The van der Waals surface area contributed by atoms with E-state index in [2.05, 4.69) is 44.4 Å². The Morgan fingerprint density at radius 3 is 2.43 bits per heavy atom. The Balaban J connectivity index is 1.45. The highest BCUT2D eigenvalue weighted by Gasteiger charge is 2.16. The number of amidine groups is 1. The summed E-state index contributed by atoms with van der Waals surface area (Å²) < 4.78 is 0. The van der Waals surface area contributed by atoms with E-state index in [0.29, 0.717) is 10.3 Å². The zero-order chi connectivity index (χ0) is 21.2. The molecule has 0 aliphatic carbocycles. The summed E-state index contributed by atoms with van der Waals surface area (Å²) in [6, 6.07) is 18.4. The van der Waals surface area contributed by atoms with Crippen molar-refractivity contribution in [3.63, 3.8) is 0 Å². The average Bonchev–Trinajstić information content (AvgIpc) is 2.78. The van der Waals surface area contributed by atoms with E-state index >= 15 is 0 Å². The Hall–Kier alpha value is -2.13. The van der Waals surface area contributed by atoms with Crippen molar-refractivity contribution in [2.24, 2.45) is 10.7 Å². The Morgan fingerprint density at radius 1 is 1.07 bits per heavy atom. The SMILES string of the molecule is NC(=NC(=S)Nc1ccc(N2CCN(CCCO)CC2)cc1)SCc1ccccc1. The van der Waals surface area contributed by atoms with Crippen molar-refractivity contribution in [2.75, 3.05) is 49.5 Å². The lowest BCUT2D eigenvalue weighted by atomic mass is 10.2. The average molecular weight is 444 g/mol. The number of aliphatic hydroxyl groups is 1. The van der Waals surface area contributed by atoms with Crippen LogP contribution in [0.4, 0.5) is 11.4 Å². The third-order valence-corrected chi connectivity index (χ3v) is 5.99. The molecule has 1 heterocycles. The zero-order valence-corrected chi connectivity index (χ0v) is 18.7. The summed E-state index contributed by atoms with van der Waals surface area (Å²) in [7, 11) is 0. The van der Waals surface area contributed by atoms with Gasteiger partial charge < -0.3 is 21.1 Å². The van der Waals surface area contributed by atoms with Crippen molar-refractivity contribution in [1.29, 1.82) is 0 Å². The molecule has 1 saturated heterocycles. The van der Waals surface area contributed by atoms with Crippen molar-refractivity contribution < 1.29 is 5.11 Å². The number of nitrogens with zero attached hydrogens (tertiary/aromatic N) is 3. The molecular formula is C22H29N5OS2.